The normalized spacial score (nSPS) is 11.0. The van der Waals surface area contributed by atoms with Crippen molar-refractivity contribution in [3.8, 4) is 0 Å². The highest BCUT2D eigenvalue weighted by molar-refractivity contribution is 7.04. The number of amides is 1. The van der Waals surface area contributed by atoms with Crippen LogP contribution in [0.1, 0.15) is 18.9 Å². The lowest BCUT2D eigenvalue weighted by atomic mass is 10.2. The van der Waals surface area contributed by atoms with Gasteiger partial charge in [0.05, 0.1) is 5.52 Å². The highest BCUT2D eigenvalue weighted by Gasteiger charge is 2.16. The number of carbonyl (C=O) groups excluding carboxylic acids is 1. The number of hydrogen-bond acceptors (Lipinski definition) is 5. The van der Waals surface area contributed by atoms with Crippen LogP contribution in [-0.2, 0) is 24.4 Å². The van der Waals surface area contributed by atoms with Crippen LogP contribution in [0.4, 0.5) is 4.39 Å². The zero-order valence-electron chi connectivity index (χ0n) is 14.1. The molecule has 1 aromatic carbocycles. The van der Waals surface area contributed by atoms with Crippen LogP contribution in [0, 0.1) is 5.82 Å². The molecule has 136 valence electrons. The molecule has 0 atom stereocenters. The monoisotopic (exact) mass is 376 g/mol. The fourth-order valence-electron chi connectivity index (χ4n) is 2.61. The zero-order valence-corrected chi connectivity index (χ0v) is 14.9. The molecular formula is C17H17FN4O3S. The van der Waals surface area contributed by atoms with E-state index >= 15 is 0 Å². The molecule has 3 rings (SSSR count). The van der Waals surface area contributed by atoms with Crippen LogP contribution in [0.5, 0.6) is 0 Å². The predicted octanol–water partition coefficient (Wildman–Crippen LogP) is 1.49. The Morgan fingerprint density at radius 1 is 1.23 bits per heavy atom. The summed E-state index contributed by atoms with van der Waals surface area (Å²) in [7, 11) is 0. The molecule has 0 saturated carbocycles. The summed E-state index contributed by atoms with van der Waals surface area (Å²) in [6.07, 6.45) is 0.613. The quantitative estimate of drug-likeness (QED) is 0.706. The lowest BCUT2D eigenvalue weighted by molar-refractivity contribution is -0.121. The van der Waals surface area contributed by atoms with E-state index < -0.39 is 11.2 Å². The Morgan fingerprint density at radius 3 is 2.65 bits per heavy atom. The van der Waals surface area contributed by atoms with Gasteiger partial charge in [0.15, 0.2) is 5.52 Å². The van der Waals surface area contributed by atoms with E-state index in [1.807, 2.05) is 6.92 Å². The molecule has 0 aliphatic heterocycles. The number of nitrogens with zero attached hydrogens (tertiary/aromatic N) is 3. The summed E-state index contributed by atoms with van der Waals surface area (Å²) in [5.41, 5.74) is 0.326. The number of benzene rings is 1. The first-order valence-corrected chi connectivity index (χ1v) is 8.93. The molecule has 0 saturated heterocycles. The fourth-order valence-corrected chi connectivity index (χ4v) is 3.28. The Morgan fingerprint density at radius 2 is 1.96 bits per heavy atom. The van der Waals surface area contributed by atoms with E-state index in [0.717, 1.165) is 21.7 Å². The smallest absolute Gasteiger partial charge is 0.332 e. The lowest BCUT2D eigenvalue weighted by Crippen LogP contribution is -2.42. The molecule has 0 aliphatic rings. The first-order chi connectivity index (χ1) is 12.5. The number of carbonyl (C=O) groups is 1. The Hall–Kier alpha value is -2.81. The van der Waals surface area contributed by atoms with Crippen molar-refractivity contribution in [2.75, 3.05) is 0 Å². The molecule has 0 unspecified atom stereocenters. The van der Waals surface area contributed by atoms with Gasteiger partial charge in [0.1, 0.15) is 12.4 Å². The average Bonchev–Trinajstić information content (AvgIpc) is 3.11. The predicted molar refractivity (Wildman–Crippen MR) is 96.7 cm³/mol. The number of hydrogen-bond donors (Lipinski definition) is 1. The molecule has 1 N–H and O–H groups in total. The van der Waals surface area contributed by atoms with Crippen LogP contribution in [0.2, 0.25) is 0 Å². The number of rotatable bonds is 6. The second-order valence-electron chi connectivity index (χ2n) is 5.78. The maximum atomic E-state index is 12.9. The number of aromatic nitrogens is 3. The molecule has 26 heavy (non-hydrogen) atoms. The van der Waals surface area contributed by atoms with Gasteiger partial charge in [0.25, 0.3) is 5.56 Å². The molecule has 0 bridgehead atoms. The zero-order chi connectivity index (χ0) is 18.7. The highest BCUT2D eigenvalue weighted by atomic mass is 32.1. The van der Waals surface area contributed by atoms with E-state index in [1.165, 1.54) is 16.7 Å². The highest BCUT2D eigenvalue weighted by Crippen LogP contribution is 2.09. The van der Waals surface area contributed by atoms with Gasteiger partial charge in [-0.15, -0.1) is 0 Å². The molecule has 2 heterocycles. The minimum Gasteiger partial charge on any atom is -0.350 e. The third kappa shape index (κ3) is 3.57. The van der Waals surface area contributed by atoms with Crippen molar-refractivity contribution in [1.29, 1.82) is 0 Å². The van der Waals surface area contributed by atoms with Crippen LogP contribution in [0.25, 0.3) is 11.0 Å². The summed E-state index contributed by atoms with van der Waals surface area (Å²) in [6, 6.07) is 5.77. The summed E-state index contributed by atoms with van der Waals surface area (Å²) in [4.78, 5) is 37.2. The first-order valence-electron chi connectivity index (χ1n) is 8.10. The Bertz CT molecular complexity index is 1050. The summed E-state index contributed by atoms with van der Waals surface area (Å²) in [6.45, 7) is 2.12. The summed E-state index contributed by atoms with van der Waals surface area (Å²) < 4.78 is 19.3. The largest absolute Gasteiger partial charge is 0.350 e. The minimum atomic E-state index is -0.526. The molecule has 0 spiro atoms. The molecular weight excluding hydrogens is 359 g/mol. The first kappa shape index (κ1) is 18.0. The molecule has 9 heteroatoms. The van der Waals surface area contributed by atoms with Crippen LogP contribution >= 0.6 is 11.5 Å². The van der Waals surface area contributed by atoms with E-state index in [0.29, 0.717) is 11.9 Å². The van der Waals surface area contributed by atoms with Crippen LogP contribution < -0.4 is 16.6 Å². The lowest BCUT2D eigenvalue weighted by Gasteiger charge is -2.11. The molecule has 0 radical (unpaired) electrons. The van der Waals surface area contributed by atoms with E-state index in [-0.39, 0.29) is 36.9 Å². The van der Waals surface area contributed by atoms with Crippen molar-refractivity contribution in [2.45, 2.75) is 33.0 Å². The Balaban J connectivity index is 1.84. The van der Waals surface area contributed by atoms with Gasteiger partial charge in [0, 0.05) is 18.5 Å². The second kappa shape index (κ2) is 7.61. The van der Waals surface area contributed by atoms with E-state index in [4.69, 9.17) is 0 Å². The molecule has 1 amide bonds. The van der Waals surface area contributed by atoms with E-state index in [2.05, 4.69) is 9.69 Å². The van der Waals surface area contributed by atoms with Gasteiger partial charge in [-0.25, -0.2) is 9.18 Å². The fraction of sp³-hybridized carbons (Fsp3) is 0.294. The van der Waals surface area contributed by atoms with E-state index in [1.54, 1.807) is 17.5 Å². The third-order valence-corrected chi connectivity index (χ3v) is 4.52. The molecule has 2 aromatic heterocycles. The SMILES string of the molecule is CCCn1c(=O)c2nscc2n(CC(=O)NCc2ccc(F)cc2)c1=O. The van der Waals surface area contributed by atoms with Crippen molar-refractivity contribution in [2.24, 2.45) is 0 Å². The van der Waals surface area contributed by atoms with Crippen molar-refractivity contribution in [3.05, 3.63) is 61.9 Å². The van der Waals surface area contributed by atoms with Gasteiger partial charge in [0.2, 0.25) is 5.91 Å². The van der Waals surface area contributed by atoms with Crippen molar-refractivity contribution in [1.82, 2.24) is 18.8 Å². The van der Waals surface area contributed by atoms with Gasteiger partial charge in [-0.05, 0) is 35.6 Å². The minimum absolute atomic E-state index is 0.189. The van der Waals surface area contributed by atoms with Gasteiger partial charge >= 0.3 is 5.69 Å². The number of halogens is 1. The maximum Gasteiger partial charge on any atom is 0.332 e. The average molecular weight is 376 g/mol. The third-order valence-electron chi connectivity index (χ3n) is 3.90. The number of fused-ring (bicyclic) bond motifs is 1. The molecule has 0 aliphatic carbocycles. The summed E-state index contributed by atoms with van der Waals surface area (Å²) in [5, 5.41) is 4.28. The Labute approximate surface area is 151 Å². The number of nitrogens with one attached hydrogen (secondary N) is 1. The van der Waals surface area contributed by atoms with Crippen LogP contribution in [0.3, 0.4) is 0 Å². The van der Waals surface area contributed by atoms with Gasteiger partial charge < -0.3 is 5.32 Å². The van der Waals surface area contributed by atoms with Crippen LogP contribution in [0.15, 0.2) is 39.2 Å². The van der Waals surface area contributed by atoms with Crippen LogP contribution in [-0.4, -0.2) is 19.4 Å². The van der Waals surface area contributed by atoms with Gasteiger partial charge in [-0.3, -0.25) is 18.7 Å². The van der Waals surface area contributed by atoms with Gasteiger partial charge in [-0.2, -0.15) is 4.37 Å². The molecule has 0 fully saturated rings. The van der Waals surface area contributed by atoms with E-state index in [9.17, 15) is 18.8 Å². The topological polar surface area (TPSA) is 86.0 Å². The maximum absolute atomic E-state index is 12.9. The standard InChI is InChI=1S/C17H17FN4O3S/c1-2-7-21-16(24)15-13(10-26-20-15)22(17(21)25)9-14(23)19-8-11-3-5-12(18)6-4-11/h3-6,10H,2,7-9H2,1H3,(H,19,23). The Kier molecular flexibility index (Phi) is 5.27. The molecule has 3 aromatic rings. The van der Waals surface area contributed by atoms with Gasteiger partial charge in [-0.1, -0.05) is 19.1 Å². The second-order valence-corrected chi connectivity index (χ2v) is 6.41. The summed E-state index contributed by atoms with van der Waals surface area (Å²) in [5.74, 6) is -0.734. The summed E-state index contributed by atoms with van der Waals surface area (Å²) >= 11 is 1.07. The van der Waals surface area contributed by atoms with Crippen molar-refractivity contribution >= 4 is 28.5 Å². The van der Waals surface area contributed by atoms with Crippen molar-refractivity contribution < 1.29 is 9.18 Å². The van der Waals surface area contributed by atoms with Crippen molar-refractivity contribution in [3.63, 3.8) is 0 Å². The molecule has 7 nitrogen and oxygen atoms in total.